The molecule has 0 bridgehead atoms. The van der Waals surface area contributed by atoms with Crippen molar-refractivity contribution in [3.8, 4) is 10.4 Å². The van der Waals surface area contributed by atoms with Crippen LogP contribution < -0.4 is 4.90 Å². The van der Waals surface area contributed by atoms with E-state index in [1.807, 2.05) is 41.3 Å². The summed E-state index contributed by atoms with van der Waals surface area (Å²) in [7, 11) is 0. The van der Waals surface area contributed by atoms with Crippen LogP contribution >= 0.6 is 11.3 Å². The maximum atomic E-state index is 13.5. The normalized spacial score (nSPS) is 17.1. The summed E-state index contributed by atoms with van der Waals surface area (Å²) < 4.78 is 13.5. The first-order valence-corrected chi connectivity index (χ1v) is 12.2. The van der Waals surface area contributed by atoms with Crippen LogP contribution in [0.3, 0.4) is 0 Å². The molecule has 0 saturated carbocycles. The van der Waals surface area contributed by atoms with Gasteiger partial charge >= 0.3 is 0 Å². The fourth-order valence-electron chi connectivity index (χ4n) is 4.50. The molecule has 0 radical (unpaired) electrons. The van der Waals surface area contributed by atoms with E-state index in [1.54, 1.807) is 28.4 Å². The molecule has 0 N–H and O–H groups in total. The Kier molecular flexibility index (Phi) is 6.24. The summed E-state index contributed by atoms with van der Waals surface area (Å²) in [6.07, 6.45) is 1.45. The Morgan fingerprint density at radius 1 is 0.939 bits per heavy atom. The van der Waals surface area contributed by atoms with Crippen molar-refractivity contribution in [1.29, 1.82) is 0 Å². The second-order valence-corrected chi connectivity index (χ2v) is 9.71. The number of carbonyl (C=O) groups excluding carboxylic acids is 2. The van der Waals surface area contributed by atoms with Crippen LogP contribution in [0.15, 0.2) is 60.7 Å². The van der Waals surface area contributed by atoms with Gasteiger partial charge in [0.2, 0.25) is 5.91 Å². The van der Waals surface area contributed by atoms with E-state index in [2.05, 4.69) is 11.0 Å². The number of carbonyl (C=O) groups is 2. The summed E-state index contributed by atoms with van der Waals surface area (Å²) in [6.45, 7) is 4.52. The van der Waals surface area contributed by atoms with Crippen molar-refractivity contribution in [2.75, 3.05) is 37.6 Å². The maximum Gasteiger partial charge on any atom is 0.254 e. The van der Waals surface area contributed by atoms with Crippen molar-refractivity contribution >= 4 is 28.8 Å². The number of anilines is 1. The Labute approximate surface area is 197 Å². The van der Waals surface area contributed by atoms with E-state index >= 15 is 0 Å². The molecule has 33 heavy (non-hydrogen) atoms. The van der Waals surface area contributed by atoms with Crippen LogP contribution in [0.5, 0.6) is 0 Å². The van der Waals surface area contributed by atoms with Gasteiger partial charge in [-0.2, -0.15) is 0 Å². The van der Waals surface area contributed by atoms with Gasteiger partial charge in [-0.15, -0.1) is 11.3 Å². The average molecular weight is 464 g/mol. The number of hydrogen-bond donors (Lipinski definition) is 0. The SMILES string of the molecule is O=C(c1cccc(N2CCCC2=O)c1)N1CCN(Cc2ccc(-c3cccc(F)c3)s2)CC1. The third kappa shape index (κ3) is 4.84. The van der Waals surface area contributed by atoms with Crippen molar-refractivity contribution in [3.63, 3.8) is 0 Å². The Balaban J connectivity index is 1.18. The molecule has 0 atom stereocenters. The minimum absolute atomic E-state index is 0.0210. The van der Waals surface area contributed by atoms with Crippen LogP contribution in [0.2, 0.25) is 0 Å². The average Bonchev–Trinajstić information content (AvgIpc) is 3.48. The molecule has 2 amide bonds. The van der Waals surface area contributed by atoms with Gasteiger partial charge in [0, 0.05) is 66.7 Å². The van der Waals surface area contributed by atoms with Crippen molar-refractivity contribution in [2.45, 2.75) is 19.4 Å². The highest BCUT2D eigenvalue weighted by atomic mass is 32.1. The lowest BCUT2D eigenvalue weighted by atomic mass is 10.1. The van der Waals surface area contributed by atoms with Crippen molar-refractivity contribution in [3.05, 3.63) is 76.9 Å². The van der Waals surface area contributed by atoms with E-state index in [-0.39, 0.29) is 17.6 Å². The minimum atomic E-state index is -0.221. The lowest BCUT2D eigenvalue weighted by Crippen LogP contribution is -2.48. The van der Waals surface area contributed by atoms with Crippen LogP contribution in [0.1, 0.15) is 28.1 Å². The lowest BCUT2D eigenvalue weighted by Gasteiger charge is -2.34. The molecular weight excluding hydrogens is 437 g/mol. The zero-order valence-electron chi connectivity index (χ0n) is 18.4. The van der Waals surface area contributed by atoms with Crippen LogP contribution in [-0.2, 0) is 11.3 Å². The molecule has 1 aromatic heterocycles. The van der Waals surface area contributed by atoms with E-state index in [0.717, 1.165) is 48.7 Å². The minimum Gasteiger partial charge on any atom is -0.336 e. The Bertz CT molecular complexity index is 1170. The number of piperazine rings is 1. The lowest BCUT2D eigenvalue weighted by molar-refractivity contribution is -0.117. The van der Waals surface area contributed by atoms with E-state index in [9.17, 15) is 14.0 Å². The summed E-state index contributed by atoms with van der Waals surface area (Å²) in [4.78, 5) is 33.4. The predicted octanol–water partition coefficient (Wildman–Crippen LogP) is 4.64. The smallest absolute Gasteiger partial charge is 0.254 e. The number of hydrogen-bond acceptors (Lipinski definition) is 4. The third-order valence-electron chi connectivity index (χ3n) is 6.29. The molecule has 5 rings (SSSR count). The molecule has 3 aromatic rings. The zero-order chi connectivity index (χ0) is 22.8. The Morgan fingerprint density at radius 3 is 2.52 bits per heavy atom. The summed E-state index contributed by atoms with van der Waals surface area (Å²) >= 11 is 1.69. The van der Waals surface area contributed by atoms with Gasteiger partial charge in [-0.1, -0.05) is 18.2 Å². The van der Waals surface area contributed by atoms with Crippen molar-refractivity contribution in [1.82, 2.24) is 9.80 Å². The molecule has 7 heteroatoms. The molecule has 170 valence electrons. The van der Waals surface area contributed by atoms with Crippen molar-refractivity contribution in [2.24, 2.45) is 0 Å². The highest BCUT2D eigenvalue weighted by Gasteiger charge is 2.25. The van der Waals surface area contributed by atoms with E-state index in [0.29, 0.717) is 25.1 Å². The van der Waals surface area contributed by atoms with Crippen LogP contribution in [0, 0.1) is 5.82 Å². The quantitative estimate of drug-likeness (QED) is 0.554. The second-order valence-electron chi connectivity index (χ2n) is 8.54. The summed E-state index contributed by atoms with van der Waals surface area (Å²) in [6, 6.07) is 18.3. The summed E-state index contributed by atoms with van der Waals surface area (Å²) in [5, 5.41) is 0. The van der Waals surface area contributed by atoms with Gasteiger partial charge in [0.1, 0.15) is 5.82 Å². The molecule has 5 nitrogen and oxygen atoms in total. The molecule has 3 heterocycles. The molecule has 2 fully saturated rings. The number of rotatable bonds is 5. The highest BCUT2D eigenvalue weighted by Crippen LogP contribution is 2.29. The van der Waals surface area contributed by atoms with Gasteiger partial charge in [0.15, 0.2) is 0 Å². The molecule has 2 saturated heterocycles. The largest absolute Gasteiger partial charge is 0.336 e. The molecule has 2 aliphatic rings. The Hall–Kier alpha value is -3.03. The fourth-order valence-corrected chi connectivity index (χ4v) is 5.55. The number of thiophene rings is 1. The zero-order valence-corrected chi connectivity index (χ0v) is 19.2. The number of amides is 2. The standard InChI is InChI=1S/C26H26FN3O2S/c27-21-6-1-4-19(16-21)24-10-9-23(33-24)18-28-12-14-29(15-13-28)26(32)20-5-2-7-22(17-20)30-11-3-8-25(30)31/h1-2,4-7,9-10,16-17H,3,8,11-15,18H2. The topological polar surface area (TPSA) is 43.9 Å². The number of nitrogens with zero attached hydrogens (tertiary/aromatic N) is 3. The van der Waals surface area contributed by atoms with E-state index in [1.165, 1.54) is 10.9 Å². The predicted molar refractivity (Wildman–Crippen MR) is 129 cm³/mol. The number of halogens is 1. The third-order valence-corrected chi connectivity index (χ3v) is 7.41. The first-order valence-electron chi connectivity index (χ1n) is 11.3. The molecule has 0 spiro atoms. The van der Waals surface area contributed by atoms with Gasteiger partial charge in [-0.25, -0.2) is 4.39 Å². The molecular formula is C26H26FN3O2S. The fraction of sp³-hybridized carbons (Fsp3) is 0.308. The summed E-state index contributed by atoms with van der Waals surface area (Å²) in [5.41, 5.74) is 2.35. The second kappa shape index (κ2) is 9.45. The molecule has 0 aliphatic carbocycles. The van der Waals surface area contributed by atoms with Gasteiger partial charge in [-0.3, -0.25) is 14.5 Å². The maximum absolute atomic E-state index is 13.5. The molecule has 0 unspecified atom stereocenters. The van der Waals surface area contributed by atoms with Gasteiger partial charge < -0.3 is 9.80 Å². The van der Waals surface area contributed by atoms with Crippen LogP contribution in [-0.4, -0.2) is 54.3 Å². The molecule has 2 aliphatic heterocycles. The van der Waals surface area contributed by atoms with Crippen LogP contribution in [0.25, 0.3) is 10.4 Å². The van der Waals surface area contributed by atoms with Gasteiger partial charge in [0.05, 0.1) is 0 Å². The first kappa shape index (κ1) is 21.8. The monoisotopic (exact) mass is 463 g/mol. The van der Waals surface area contributed by atoms with Gasteiger partial charge in [-0.05, 0) is 54.4 Å². The Morgan fingerprint density at radius 2 is 1.76 bits per heavy atom. The van der Waals surface area contributed by atoms with Crippen LogP contribution in [0.4, 0.5) is 10.1 Å². The van der Waals surface area contributed by atoms with Gasteiger partial charge in [0.25, 0.3) is 5.91 Å². The van der Waals surface area contributed by atoms with E-state index < -0.39 is 0 Å². The highest BCUT2D eigenvalue weighted by molar-refractivity contribution is 7.15. The van der Waals surface area contributed by atoms with Crippen molar-refractivity contribution < 1.29 is 14.0 Å². The number of benzene rings is 2. The first-order chi connectivity index (χ1) is 16.1. The van der Waals surface area contributed by atoms with E-state index in [4.69, 9.17) is 0 Å². The summed E-state index contributed by atoms with van der Waals surface area (Å²) in [5.74, 6) is -0.0733. The molecule has 2 aromatic carbocycles.